The summed E-state index contributed by atoms with van der Waals surface area (Å²) in [4.78, 5) is 5.84. The van der Waals surface area contributed by atoms with Crippen molar-refractivity contribution in [2.24, 2.45) is 0 Å². The van der Waals surface area contributed by atoms with Gasteiger partial charge in [0.1, 0.15) is 0 Å². The summed E-state index contributed by atoms with van der Waals surface area (Å²) in [6.45, 7) is 6.85. The molecule has 2 rings (SSSR count). The van der Waals surface area contributed by atoms with Gasteiger partial charge >= 0.3 is 0 Å². The molecule has 1 N–H and O–H groups in total. The lowest BCUT2D eigenvalue weighted by atomic mass is 10.1. The maximum absolute atomic E-state index is 5.43. The zero-order valence-corrected chi connectivity index (χ0v) is 10.2. The smallest absolute Gasteiger partial charge is 0.0900 e. The molecule has 1 unspecified atom stereocenters. The number of hydrogen-bond donors (Lipinski definition) is 1. The first kappa shape index (κ1) is 11.0. The van der Waals surface area contributed by atoms with Crippen molar-refractivity contribution in [3.8, 4) is 0 Å². The van der Waals surface area contributed by atoms with Crippen LogP contribution >= 0.6 is 11.3 Å². The Morgan fingerprint density at radius 1 is 1.53 bits per heavy atom. The van der Waals surface area contributed by atoms with E-state index in [2.05, 4.69) is 24.1 Å². The fourth-order valence-corrected chi connectivity index (χ4v) is 2.71. The number of thiazole rings is 1. The molecule has 1 aromatic heterocycles. The predicted molar refractivity (Wildman–Crippen MR) is 62.3 cm³/mol. The molecule has 0 aromatic carbocycles. The molecular formula is C11H18N2OS. The van der Waals surface area contributed by atoms with Crippen molar-refractivity contribution in [3.05, 3.63) is 15.6 Å². The van der Waals surface area contributed by atoms with Crippen LogP contribution in [0.2, 0.25) is 0 Å². The molecular weight excluding hydrogens is 208 g/mol. The minimum atomic E-state index is 0.514. The minimum absolute atomic E-state index is 0.514. The molecule has 0 radical (unpaired) electrons. The molecule has 1 fully saturated rings. The average molecular weight is 226 g/mol. The van der Waals surface area contributed by atoms with Crippen molar-refractivity contribution in [3.63, 3.8) is 0 Å². The molecule has 0 amide bonds. The molecule has 0 saturated carbocycles. The van der Waals surface area contributed by atoms with Gasteiger partial charge in [-0.05, 0) is 26.7 Å². The van der Waals surface area contributed by atoms with E-state index < -0.39 is 0 Å². The lowest BCUT2D eigenvalue weighted by Gasteiger charge is -2.22. The average Bonchev–Trinajstić information content (AvgIpc) is 2.56. The van der Waals surface area contributed by atoms with E-state index in [0.29, 0.717) is 6.04 Å². The SMILES string of the molecule is Cc1nc(CNC2CCCOC2)c(C)s1. The number of ether oxygens (including phenoxy) is 1. The molecule has 1 saturated heterocycles. The first-order chi connectivity index (χ1) is 7.25. The Balaban J connectivity index is 1.84. The van der Waals surface area contributed by atoms with E-state index >= 15 is 0 Å². The normalized spacial score (nSPS) is 21.9. The largest absolute Gasteiger partial charge is 0.380 e. The molecule has 1 aliphatic rings. The summed E-state index contributed by atoms with van der Waals surface area (Å²) in [7, 11) is 0. The molecule has 84 valence electrons. The van der Waals surface area contributed by atoms with Gasteiger partial charge in [-0.15, -0.1) is 11.3 Å². The predicted octanol–water partition coefficient (Wildman–Crippen LogP) is 2.03. The van der Waals surface area contributed by atoms with Crippen molar-refractivity contribution >= 4 is 11.3 Å². The summed E-state index contributed by atoms with van der Waals surface area (Å²) >= 11 is 1.77. The third kappa shape index (κ3) is 3.00. The Morgan fingerprint density at radius 2 is 2.40 bits per heavy atom. The molecule has 3 nitrogen and oxygen atoms in total. The van der Waals surface area contributed by atoms with E-state index in [1.807, 2.05) is 0 Å². The van der Waals surface area contributed by atoms with E-state index in [-0.39, 0.29) is 0 Å². The fraction of sp³-hybridized carbons (Fsp3) is 0.727. The van der Waals surface area contributed by atoms with Crippen LogP contribution in [-0.2, 0) is 11.3 Å². The van der Waals surface area contributed by atoms with Crippen molar-refractivity contribution in [1.29, 1.82) is 0 Å². The number of aryl methyl sites for hydroxylation is 2. The van der Waals surface area contributed by atoms with Gasteiger partial charge in [-0.2, -0.15) is 0 Å². The molecule has 0 bridgehead atoms. The summed E-state index contributed by atoms with van der Waals surface area (Å²) in [5, 5.41) is 4.67. The zero-order valence-electron chi connectivity index (χ0n) is 9.38. The molecule has 1 aromatic rings. The highest BCUT2D eigenvalue weighted by atomic mass is 32.1. The number of aromatic nitrogens is 1. The van der Waals surface area contributed by atoms with Gasteiger partial charge in [0.15, 0.2) is 0 Å². The number of hydrogen-bond acceptors (Lipinski definition) is 4. The number of nitrogens with zero attached hydrogens (tertiary/aromatic N) is 1. The van der Waals surface area contributed by atoms with Crippen molar-refractivity contribution in [2.45, 2.75) is 39.3 Å². The van der Waals surface area contributed by atoms with Crippen LogP contribution in [0.5, 0.6) is 0 Å². The molecule has 2 heterocycles. The van der Waals surface area contributed by atoms with Gasteiger partial charge in [0, 0.05) is 24.1 Å². The van der Waals surface area contributed by atoms with Gasteiger partial charge in [-0.1, -0.05) is 0 Å². The second-order valence-electron chi connectivity index (χ2n) is 4.03. The van der Waals surface area contributed by atoms with Crippen molar-refractivity contribution in [1.82, 2.24) is 10.3 Å². The molecule has 0 spiro atoms. The zero-order chi connectivity index (χ0) is 10.7. The first-order valence-electron chi connectivity index (χ1n) is 5.50. The van der Waals surface area contributed by atoms with E-state index in [9.17, 15) is 0 Å². The molecule has 0 aliphatic carbocycles. The Kier molecular flexibility index (Phi) is 3.72. The highest BCUT2D eigenvalue weighted by Crippen LogP contribution is 2.16. The van der Waals surface area contributed by atoms with Gasteiger partial charge in [-0.25, -0.2) is 4.98 Å². The monoisotopic (exact) mass is 226 g/mol. The fourth-order valence-electron chi connectivity index (χ4n) is 1.88. The number of nitrogens with one attached hydrogen (secondary N) is 1. The van der Waals surface area contributed by atoms with Gasteiger partial charge in [0.2, 0.25) is 0 Å². The van der Waals surface area contributed by atoms with Crippen LogP contribution < -0.4 is 5.32 Å². The third-order valence-corrected chi connectivity index (χ3v) is 3.65. The second-order valence-corrected chi connectivity index (χ2v) is 5.44. The van der Waals surface area contributed by atoms with Gasteiger partial charge in [-0.3, -0.25) is 0 Å². The second kappa shape index (κ2) is 5.05. The maximum Gasteiger partial charge on any atom is 0.0900 e. The molecule has 4 heteroatoms. The van der Waals surface area contributed by atoms with Crippen LogP contribution in [0, 0.1) is 13.8 Å². The topological polar surface area (TPSA) is 34.2 Å². The standard InChI is InChI=1S/C11H18N2OS/c1-8-11(13-9(2)15-8)6-12-10-4-3-5-14-7-10/h10,12H,3-7H2,1-2H3. The molecule has 15 heavy (non-hydrogen) atoms. The highest BCUT2D eigenvalue weighted by molar-refractivity contribution is 7.11. The summed E-state index contributed by atoms with van der Waals surface area (Å²) < 4.78 is 5.43. The van der Waals surface area contributed by atoms with Crippen LogP contribution in [0.3, 0.4) is 0 Å². The van der Waals surface area contributed by atoms with Crippen LogP contribution in [0.4, 0.5) is 0 Å². The van der Waals surface area contributed by atoms with Gasteiger partial charge < -0.3 is 10.1 Å². The molecule has 1 aliphatic heterocycles. The van der Waals surface area contributed by atoms with E-state index in [1.54, 1.807) is 11.3 Å². The van der Waals surface area contributed by atoms with E-state index in [4.69, 9.17) is 4.74 Å². The van der Waals surface area contributed by atoms with Gasteiger partial charge in [0.25, 0.3) is 0 Å². The third-order valence-electron chi connectivity index (χ3n) is 2.72. The van der Waals surface area contributed by atoms with Crippen LogP contribution in [-0.4, -0.2) is 24.2 Å². The van der Waals surface area contributed by atoms with Crippen LogP contribution in [0.25, 0.3) is 0 Å². The summed E-state index contributed by atoms with van der Waals surface area (Å²) in [6.07, 6.45) is 2.40. The first-order valence-corrected chi connectivity index (χ1v) is 6.31. The lowest BCUT2D eigenvalue weighted by molar-refractivity contribution is 0.0698. The summed E-state index contributed by atoms with van der Waals surface area (Å²) in [6, 6.07) is 0.514. The van der Waals surface area contributed by atoms with E-state index in [0.717, 1.165) is 24.8 Å². The maximum atomic E-state index is 5.43. The Morgan fingerprint density at radius 3 is 3.00 bits per heavy atom. The van der Waals surface area contributed by atoms with Crippen LogP contribution in [0.1, 0.15) is 28.4 Å². The minimum Gasteiger partial charge on any atom is -0.380 e. The Hall–Kier alpha value is -0.450. The van der Waals surface area contributed by atoms with Crippen LogP contribution in [0.15, 0.2) is 0 Å². The Labute approximate surface area is 94.9 Å². The summed E-state index contributed by atoms with van der Waals surface area (Å²) in [5.41, 5.74) is 1.20. The Bertz CT molecular complexity index is 318. The quantitative estimate of drug-likeness (QED) is 0.856. The van der Waals surface area contributed by atoms with Gasteiger partial charge in [0.05, 0.1) is 17.3 Å². The number of rotatable bonds is 3. The van der Waals surface area contributed by atoms with Crippen molar-refractivity contribution in [2.75, 3.05) is 13.2 Å². The lowest BCUT2D eigenvalue weighted by Crippen LogP contribution is -2.36. The summed E-state index contributed by atoms with van der Waals surface area (Å²) in [5.74, 6) is 0. The van der Waals surface area contributed by atoms with Crippen molar-refractivity contribution < 1.29 is 4.74 Å². The highest BCUT2D eigenvalue weighted by Gasteiger charge is 2.14. The molecule has 1 atom stereocenters. The van der Waals surface area contributed by atoms with E-state index in [1.165, 1.54) is 23.4 Å².